The van der Waals surface area contributed by atoms with Gasteiger partial charge in [-0.25, -0.2) is 9.07 Å². The van der Waals surface area contributed by atoms with Crippen LogP contribution in [0.2, 0.25) is 0 Å². The van der Waals surface area contributed by atoms with Gasteiger partial charge in [0, 0.05) is 23.9 Å². The monoisotopic (exact) mass is 345 g/mol. The molecule has 1 amide bonds. The average molecular weight is 345 g/mol. The van der Waals surface area contributed by atoms with E-state index in [2.05, 4.69) is 10.4 Å². The van der Waals surface area contributed by atoms with E-state index in [0.29, 0.717) is 17.2 Å². The lowest BCUT2D eigenvalue weighted by Gasteiger charge is -2.28. The lowest BCUT2D eigenvalue weighted by atomic mass is 9.86. The molecule has 25 heavy (non-hydrogen) atoms. The molecular weight excluding hydrogens is 321 g/mol. The van der Waals surface area contributed by atoms with Crippen molar-refractivity contribution in [2.75, 3.05) is 6.61 Å². The first kappa shape index (κ1) is 17.6. The second-order valence-electron chi connectivity index (χ2n) is 6.88. The molecule has 1 aromatic heterocycles. The topological polar surface area (TPSA) is 67.2 Å². The predicted octanol–water partition coefficient (Wildman–Crippen LogP) is 2.91. The summed E-state index contributed by atoms with van der Waals surface area (Å²) in [5.41, 5.74) is 2.31. The minimum atomic E-state index is -0.470. The zero-order valence-corrected chi connectivity index (χ0v) is 14.6. The first-order valence-electron chi connectivity index (χ1n) is 8.73. The van der Waals surface area contributed by atoms with Crippen molar-refractivity contribution in [3.63, 3.8) is 0 Å². The van der Waals surface area contributed by atoms with Gasteiger partial charge in [0.15, 0.2) is 0 Å². The van der Waals surface area contributed by atoms with E-state index in [1.54, 1.807) is 16.8 Å². The average Bonchev–Trinajstić information content (AvgIpc) is 2.93. The summed E-state index contributed by atoms with van der Waals surface area (Å²) in [6, 6.07) is 6.45. The third-order valence-electron chi connectivity index (χ3n) is 4.89. The molecule has 6 heteroatoms. The highest BCUT2D eigenvalue weighted by Crippen LogP contribution is 2.24. The summed E-state index contributed by atoms with van der Waals surface area (Å²) in [4.78, 5) is 12.4. The predicted molar refractivity (Wildman–Crippen MR) is 93.3 cm³/mol. The number of aromatic nitrogens is 2. The Balaban J connectivity index is 1.70. The molecule has 1 saturated carbocycles. The summed E-state index contributed by atoms with van der Waals surface area (Å²) in [7, 11) is 0. The third-order valence-corrected chi connectivity index (χ3v) is 4.89. The molecule has 134 valence electrons. The second-order valence-corrected chi connectivity index (χ2v) is 6.88. The minimum absolute atomic E-state index is 0.0917. The summed E-state index contributed by atoms with van der Waals surface area (Å²) >= 11 is 0. The zero-order valence-electron chi connectivity index (χ0n) is 14.6. The normalized spacial score (nSPS) is 20.5. The molecule has 2 N–H and O–H groups in total. The van der Waals surface area contributed by atoms with Gasteiger partial charge in [-0.1, -0.05) is 0 Å². The fraction of sp³-hybridized carbons (Fsp3) is 0.474. The molecule has 1 aliphatic rings. The van der Waals surface area contributed by atoms with Crippen LogP contribution < -0.4 is 5.32 Å². The summed E-state index contributed by atoms with van der Waals surface area (Å²) in [6.45, 7) is 3.93. The van der Waals surface area contributed by atoms with Crippen LogP contribution in [0.4, 0.5) is 4.39 Å². The van der Waals surface area contributed by atoms with Crippen molar-refractivity contribution in [1.82, 2.24) is 15.1 Å². The van der Waals surface area contributed by atoms with Crippen molar-refractivity contribution in [1.29, 1.82) is 0 Å². The van der Waals surface area contributed by atoms with Crippen molar-refractivity contribution >= 4 is 5.91 Å². The van der Waals surface area contributed by atoms with Crippen molar-refractivity contribution in [2.45, 2.75) is 45.6 Å². The second kappa shape index (κ2) is 7.35. The number of aliphatic hydroxyl groups is 1. The molecule has 1 heterocycles. The van der Waals surface area contributed by atoms with Gasteiger partial charge in [-0.2, -0.15) is 5.10 Å². The summed E-state index contributed by atoms with van der Waals surface area (Å²) in [5.74, 6) is -0.389. The first-order chi connectivity index (χ1) is 12.0. The Kier molecular flexibility index (Phi) is 5.18. The Labute approximate surface area is 146 Å². The van der Waals surface area contributed by atoms with Gasteiger partial charge in [-0.15, -0.1) is 0 Å². The van der Waals surface area contributed by atoms with Crippen molar-refractivity contribution in [3.8, 4) is 5.69 Å². The van der Waals surface area contributed by atoms with Crippen LogP contribution >= 0.6 is 0 Å². The molecule has 0 spiro atoms. The maximum absolute atomic E-state index is 14.5. The number of halogens is 1. The van der Waals surface area contributed by atoms with Crippen molar-refractivity contribution in [3.05, 3.63) is 47.0 Å². The van der Waals surface area contributed by atoms with Crippen LogP contribution in [-0.4, -0.2) is 33.4 Å². The molecule has 5 nitrogen and oxygen atoms in total. The number of aryl methyl sites for hydroxylation is 2. The maximum atomic E-state index is 14.5. The van der Waals surface area contributed by atoms with Gasteiger partial charge in [0.25, 0.3) is 5.91 Å². The van der Waals surface area contributed by atoms with Crippen LogP contribution in [0, 0.1) is 25.6 Å². The zero-order chi connectivity index (χ0) is 18.0. The highest BCUT2D eigenvalue weighted by molar-refractivity contribution is 5.94. The molecule has 0 aliphatic heterocycles. The summed E-state index contributed by atoms with van der Waals surface area (Å²) in [6.07, 6.45) is 3.52. The Hall–Kier alpha value is -2.21. The number of nitrogens with one attached hydrogen (secondary N) is 1. The van der Waals surface area contributed by atoms with Crippen LogP contribution in [0.5, 0.6) is 0 Å². The van der Waals surface area contributed by atoms with Gasteiger partial charge in [0.2, 0.25) is 0 Å². The Morgan fingerprint density at radius 2 is 2.00 bits per heavy atom. The summed E-state index contributed by atoms with van der Waals surface area (Å²) in [5, 5.41) is 16.4. The molecule has 3 rings (SSSR count). The molecule has 0 atom stereocenters. The van der Waals surface area contributed by atoms with E-state index in [9.17, 15) is 14.3 Å². The van der Waals surface area contributed by atoms with E-state index in [1.165, 1.54) is 6.07 Å². The van der Waals surface area contributed by atoms with E-state index >= 15 is 0 Å². The van der Waals surface area contributed by atoms with Gasteiger partial charge in [-0.3, -0.25) is 4.79 Å². The highest BCUT2D eigenvalue weighted by atomic mass is 19.1. The maximum Gasteiger partial charge on any atom is 0.251 e. The summed E-state index contributed by atoms with van der Waals surface area (Å²) < 4.78 is 16.0. The SMILES string of the molecule is Cc1cc(C)n(-c2ccc(C(=O)NC3CCC(CO)CC3)cc2F)n1. The largest absolute Gasteiger partial charge is 0.396 e. The van der Waals surface area contributed by atoms with Gasteiger partial charge in [0.1, 0.15) is 11.5 Å². The number of aliphatic hydroxyl groups excluding tert-OH is 1. The standard InChI is InChI=1S/C19H24FN3O2/c1-12-9-13(2)23(22-12)18-8-5-15(10-17(18)20)19(25)21-16-6-3-14(11-24)4-7-16/h5,8-10,14,16,24H,3-4,6-7,11H2,1-2H3,(H,21,25). The molecular formula is C19H24FN3O2. The van der Waals surface area contributed by atoms with Gasteiger partial charge < -0.3 is 10.4 Å². The Bertz CT molecular complexity index is 764. The van der Waals surface area contributed by atoms with Crippen LogP contribution in [-0.2, 0) is 0 Å². The van der Waals surface area contributed by atoms with Crippen LogP contribution in [0.3, 0.4) is 0 Å². The van der Waals surface area contributed by atoms with E-state index in [4.69, 9.17) is 0 Å². The van der Waals surface area contributed by atoms with Gasteiger partial charge in [0.05, 0.1) is 5.69 Å². The molecule has 0 saturated heterocycles. The van der Waals surface area contributed by atoms with E-state index in [-0.39, 0.29) is 18.6 Å². The quantitative estimate of drug-likeness (QED) is 0.895. The molecule has 1 aliphatic carbocycles. The Morgan fingerprint density at radius 3 is 2.56 bits per heavy atom. The molecule has 0 radical (unpaired) electrons. The fourth-order valence-corrected chi connectivity index (χ4v) is 3.45. The molecule has 2 aromatic rings. The van der Waals surface area contributed by atoms with Crippen LogP contribution in [0.1, 0.15) is 47.4 Å². The number of carbonyl (C=O) groups is 1. The number of benzene rings is 1. The fourth-order valence-electron chi connectivity index (χ4n) is 3.45. The van der Waals surface area contributed by atoms with E-state index in [1.807, 2.05) is 19.9 Å². The number of amides is 1. The minimum Gasteiger partial charge on any atom is -0.396 e. The lowest BCUT2D eigenvalue weighted by molar-refractivity contribution is 0.0913. The van der Waals surface area contributed by atoms with Crippen molar-refractivity contribution < 1.29 is 14.3 Å². The number of carbonyl (C=O) groups excluding carboxylic acids is 1. The Morgan fingerprint density at radius 1 is 1.28 bits per heavy atom. The third kappa shape index (κ3) is 3.90. The molecule has 1 aromatic carbocycles. The number of hydrogen-bond acceptors (Lipinski definition) is 3. The van der Waals surface area contributed by atoms with E-state index in [0.717, 1.165) is 37.1 Å². The first-order valence-corrected chi connectivity index (χ1v) is 8.73. The number of rotatable bonds is 4. The highest BCUT2D eigenvalue weighted by Gasteiger charge is 2.22. The van der Waals surface area contributed by atoms with Gasteiger partial charge >= 0.3 is 0 Å². The lowest BCUT2D eigenvalue weighted by Crippen LogP contribution is -2.38. The smallest absolute Gasteiger partial charge is 0.251 e. The van der Waals surface area contributed by atoms with E-state index < -0.39 is 5.82 Å². The molecule has 0 unspecified atom stereocenters. The van der Waals surface area contributed by atoms with Crippen LogP contribution in [0.15, 0.2) is 24.3 Å². The number of hydrogen-bond donors (Lipinski definition) is 2. The van der Waals surface area contributed by atoms with Crippen LogP contribution in [0.25, 0.3) is 5.69 Å². The molecule has 0 bridgehead atoms. The number of nitrogens with zero attached hydrogens (tertiary/aromatic N) is 2. The molecule has 1 fully saturated rings. The van der Waals surface area contributed by atoms with Gasteiger partial charge in [-0.05, 0) is 69.7 Å². The van der Waals surface area contributed by atoms with Crippen molar-refractivity contribution in [2.24, 2.45) is 5.92 Å².